The van der Waals surface area contributed by atoms with E-state index in [-0.39, 0.29) is 16.7 Å². The van der Waals surface area contributed by atoms with Crippen LogP contribution in [0.5, 0.6) is 0 Å². The molecule has 4 aromatic rings. The Morgan fingerprint density at radius 2 is 1.84 bits per heavy atom. The van der Waals surface area contributed by atoms with Crippen molar-refractivity contribution in [3.8, 4) is 0 Å². The molecule has 9 heteroatoms. The molecule has 1 atom stereocenters. The number of carbonyl (C=O) groups is 1. The van der Waals surface area contributed by atoms with Crippen LogP contribution in [-0.2, 0) is 23.6 Å². The monoisotopic (exact) mass is 457 g/mol. The summed E-state index contributed by atoms with van der Waals surface area (Å²) in [6, 6.07) is 7.29. The molecule has 4 aromatic heterocycles. The zero-order valence-electron chi connectivity index (χ0n) is 17.5. The fourth-order valence-corrected chi connectivity index (χ4v) is 5.18. The Labute approximate surface area is 187 Å². The van der Waals surface area contributed by atoms with Gasteiger partial charge in [0.1, 0.15) is 22.2 Å². The molecule has 0 aromatic carbocycles. The maximum atomic E-state index is 13.2. The van der Waals surface area contributed by atoms with Crippen LogP contribution >= 0.6 is 23.1 Å². The Hall–Kier alpha value is -2.78. The first-order chi connectivity index (χ1) is 14.9. The molecular formula is C22H23N3O4S2. The molecule has 0 bridgehead atoms. The van der Waals surface area contributed by atoms with Gasteiger partial charge in [-0.1, -0.05) is 0 Å². The normalized spacial score (nSPS) is 12.4. The summed E-state index contributed by atoms with van der Waals surface area (Å²) in [7, 11) is 0. The Morgan fingerprint density at radius 3 is 2.42 bits per heavy atom. The third kappa shape index (κ3) is 4.77. The lowest BCUT2D eigenvalue weighted by Crippen LogP contribution is -2.35. The molecule has 0 saturated heterocycles. The number of aryl methyl sites for hydroxylation is 2. The highest BCUT2D eigenvalue weighted by Gasteiger charge is 2.23. The van der Waals surface area contributed by atoms with Crippen molar-refractivity contribution in [2.45, 2.75) is 44.9 Å². The third-order valence-corrected chi connectivity index (χ3v) is 7.31. The van der Waals surface area contributed by atoms with Crippen molar-refractivity contribution in [2.24, 2.45) is 0 Å². The second kappa shape index (κ2) is 9.15. The summed E-state index contributed by atoms with van der Waals surface area (Å²) in [6.07, 6.45) is 3.18. The smallest absolute Gasteiger partial charge is 0.259 e. The highest BCUT2D eigenvalue weighted by atomic mass is 32.2. The third-order valence-electron chi connectivity index (χ3n) is 5.07. The number of nitrogens with one attached hydrogen (secondary N) is 1. The van der Waals surface area contributed by atoms with E-state index < -0.39 is 0 Å². The van der Waals surface area contributed by atoms with Crippen molar-refractivity contribution in [3.63, 3.8) is 0 Å². The first-order valence-electron chi connectivity index (χ1n) is 9.86. The van der Waals surface area contributed by atoms with Crippen LogP contribution in [-0.4, -0.2) is 26.0 Å². The van der Waals surface area contributed by atoms with Crippen molar-refractivity contribution >= 4 is 39.2 Å². The molecule has 0 aliphatic carbocycles. The van der Waals surface area contributed by atoms with Gasteiger partial charge in [-0.25, -0.2) is 4.98 Å². The number of aromatic amines is 1. The summed E-state index contributed by atoms with van der Waals surface area (Å²) >= 11 is 2.96. The van der Waals surface area contributed by atoms with E-state index in [0.717, 1.165) is 15.3 Å². The van der Waals surface area contributed by atoms with Gasteiger partial charge in [0.2, 0.25) is 5.91 Å². The minimum absolute atomic E-state index is 0.0379. The second-order valence-corrected chi connectivity index (χ2v) is 9.81. The number of H-pyrrole nitrogens is 1. The van der Waals surface area contributed by atoms with Crippen LogP contribution in [0.2, 0.25) is 0 Å². The molecule has 0 fully saturated rings. The van der Waals surface area contributed by atoms with Crippen molar-refractivity contribution < 1.29 is 13.6 Å². The highest BCUT2D eigenvalue weighted by molar-refractivity contribution is 7.99. The summed E-state index contributed by atoms with van der Waals surface area (Å²) in [5.41, 5.74) is 0.849. The maximum absolute atomic E-state index is 13.2. The van der Waals surface area contributed by atoms with Gasteiger partial charge in [-0.15, -0.1) is 23.1 Å². The Kier molecular flexibility index (Phi) is 6.33. The van der Waals surface area contributed by atoms with Crippen molar-refractivity contribution in [3.05, 3.63) is 74.9 Å². The molecule has 0 spiro atoms. The molecule has 1 unspecified atom stereocenters. The number of aromatic nitrogens is 2. The standard InChI is InChI=1S/C22H23N3O4S2/c1-13-14(2)31-21-19(13)20(26)23-18(24-21)12-30-15(3)22(27)25(10-16-6-4-8-28-16)11-17-7-5-9-29-17/h4-9,15H,10-12H2,1-3H3,(H,23,24,26). The van der Waals surface area contributed by atoms with Crippen LogP contribution < -0.4 is 5.56 Å². The molecule has 4 heterocycles. The maximum Gasteiger partial charge on any atom is 0.259 e. The second-order valence-electron chi connectivity index (χ2n) is 7.28. The van der Waals surface area contributed by atoms with E-state index in [9.17, 15) is 9.59 Å². The number of carbonyl (C=O) groups excluding carboxylic acids is 1. The largest absolute Gasteiger partial charge is 0.467 e. The van der Waals surface area contributed by atoms with Crippen LogP contribution in [0.25, 0.3) is 10.2 Å². The summed E-state index contributed by atoms with van der Waals surface area (Å²) in [5, 5.41) is 0.321. The van der Waals surface area contributed by atoms with Gasteiger partial charge < -0.3 is 18.7 Å². The number of thioether (sulfide) groups is 1. The predicted octanol–water partition coefficient (Wildman–Crippen LogP) is 4.64. The lowest BCUT2D eigenvalue weighted by Gasteiger charge is -2.24. The minimum atomic E-state index is -0.335. The number of rotatable bonds is 8. The first kappa shape index (κ1) is 21.5. The van der Waals surface area contributed by atoms with E-state index in [1.165, 1.54) is 23.1 Å². The lowest BCUT2D eigenvalue weighted by molar-refractivity contribution is -0.132. The molecule has 7 nitrogen and oxygen atoms in total. The van der Waals surface area contributed by atoms with E-state index in [1.54, 1.807) is 29.6 Å². The Bertz CT molecular complexity index is 1190. The molecule has 1 amide bonds. The quantitative estimate of drug-likeness (QED) is 0.414. The number of furan rings is 2. The van der Waals surface area contributed by atoms with Crippen LogP contribution in [0.15, 0.2) is 50.4 Å². The number of fused-ring (bicyclic) bond motifs is 1. The van der Waals surface area contributed by atoms with Crippen LogP contribution in [0.4, 0.5) is 0 Å². The van der Waals surface area contributed by atoms with Crippen molar-refractivity contribution in [1.29, 1.82) is 0 Å². The predicted molar refractivity (Wildman–Crippen MR) is 122 cm³/mol. The van der Waals surface area contributed by atoms with Gasteiger partial charge in [-0.3, -0.25) is 9.59 Å². The van der Waals surface area contributed by atoms with Gasteiger partial charge in [0.05, 0.1) is 42.0 Å². The lowest BCUT2D eigenvalue weighted by atomic mass is 10.2. The summed E-state index contributed by atoms with van der Waals surface area (Å²) in [6.45, 7) is 6.49. The molecular weight excluding hydrogens is 434 g/mol. The van der Waals surface area contributed by atoms with Gasteiger partial charge in [0.15, 0.2) is 0 Å². The number of amides is 1. The van der Waals surface area contributed by atoms with Gasteiger partial charge in [-0.2, -0.15) is 0 Å². The average Bonchev–Trinajstić information content (AvgIpc) is 3.49. The van der Waals surface area contributed by atoms with E-state index in [1.807, 2.05) is 32.9 Å². The molecule has 31 heavy (non-hydrogen) atoms. The fourth-order valence-electron chi connectivity index (χ4n) is 3.29. The average molecular weight is 458 g/mol. The van der Waals surface area contributed by atoms with E-state index >= 15 is 0 Å². The number of hydrogen-bond donors (Lipinski definition) is 1. The van der Waals surface area contributed by atoms with Crippen LogP contribution in [0.3, 0.4) is 0 Å². The van der Waals surface area contributed by atoms with Gasteiger partial charge >= 0.3 is 0 Å². The van der Waals surface area contributed by atoms with Gasteiger partial charge in [-0.05, 0) is 50.6 Å². The first-order valence-corrected chi connectivity index (χ1v) is 11.7. The topological polar surface area (TPSA) is 92.3 Å². The van der Waals surface area contributed by atoms with Gasteiger partial charge in [0.25, 0.3) is 5.56 Å². The highest BCUT2D eigenvalue weighted by Crippen LogP contribution is 2.27. The van der Waals surface area contributed by atoms with Crippen LogP contribution in [0.1, 0.15) is 34.7 Å². The molecule has 0 saturated carbocycles. The van der Waals surface area contributed by atoms with E-state index in [4.69, 9.17) is 8.83 Å². The SMILES string of the molecule is Cc1sc2nc(CSC(C)C(=O)N(Cc3ccco3)Cc3ccco3)[nH]c(=O)c2c1C. The van der Waals surface area contributed by atoms with Crippen LogP contribution in [0, 0.1) is 13.8 Å². The van der Waals surface area contributed by atoms with E-state index in [2.05, 4.69) is 9.97 Å². The molecule has 4 rings (SSSR count). The number of hydrogen-bond acceptors (Lipinski definition) is 7. The van der Waals surface area contributed by atoms with Crippen molar-refractivity contribution in [1.82, 2.24) is 14.9 Å². The fraction of sp³-hybridized carbons (Fsp3) is 0.318. The zero-order valence-corrected chi connectivity index (χ0v) is 19.1. The zero-order chi connectivity index (χ0) is 22.0. The molecule has 1 N–H and O–H groups in total. The Balaban J connectivity index is 1.46. The summed E-state index contributed by atoms with van der Waals surface area (Å²) in [5.74, 6) is 2.38. The molecule has 0 aliphatic heterocycles. The van der Waals surface area contributed by atoms with Gasteiger partial charge in [0, 0.05) is 4.88 Å². The Morgan fingerprint density at radius 1 is 1.19 bits per heavy atom. The molecule has 162 valence electrons. The summed E-state index contributed by atoms with van der Waals surface area (Å²) < 4.78 is 10.9. The van der Waals surface area contributed by atoms with Crippen molar-refractivity contribution in [2.75, 3.05) is 0 Å². The minimum Gasteiger partial charge on any atom is -0.467 e. The summed E-state index contributed by atoms with van der Waals surface area (Å²) in [4.78, 5) is 36.7. The van der Waals surface area contributed by atoms with E-state index in [0.29, 0.717) is 41.6 Å². The number of nitrogens with zero attached hydrogens (tertiary/aromatic N) is 2. The molecule has 0 aliphatic rings. The molecule has 0 radical (unpaired) electrons. The number of thiophene rings is 1.